The summed E-state index contributed by atoms with van der Waals surface area (Å²) in [6, 6.07) is 3.25. The number of carboxylic acid groups (broad SMARTS) is 1. The Hall–Kier alpha value is -1.88. The first kappa shape index (κ1) is 15.2. The highest BCUT2D eigenvalue weighted by Crippen LogP contribution is 2.17. The van der Waals surface area contributed by atoms with Crippen molar-refractivity contribution in [3.05, 3.63) is 47.2 Å². The molecule has 1 aromatic rings. The first-order valence-electron chi connectivity index (χ1n) is 5.90. The maximum absolute atomic E-state index is 11.9. The number of allylic oxidation sites excluding steroid dienone is 2. The molecule has 1 amide bonds. The molecule has 4 nitrogen and oxygen atoms in total. The second-order valence-corrected chi connectivity index (χ2v) is 5.20. The van der Waals surface area contributed by atoms with Gasteiger partial charge in [0.05, 0.1) is 6.54 Å². The fourth-order valence-electron chi connectivity index (χ4n) is 1.62. The Morgan fingerprint density at radius 3 is 2.42 bits per heavy atom. The Kier molecular flexibility index (Phi) is 6.02. The summed E-state index contributed by atoms with van der Waals surface area (Å²) < 4.78 is 0. The van der Waals surface area contributed by atoms with E-state index in [2.05, 4.69) is 18.5 Å². The van der Waals surface area contributed by atoms with E-state index in [-0.39, 0.29) is 16.7 Å². The number of amides is 1. The van der Waals surface area contributed by atoms with Gasteiger partial charge in [-0.1, -0.05) is 12.2 Å². The number of thiophene rings is 1. The van der Waals surface area contributed by atoms with E-state index in [1.165, 1.54) is 11.3 Å². The molecular weight excluding hydrogens is 262 g/mol. The molecule has 0 radical (unpaired) electrons. The fraction of sp³-hybridized carbons (Fsp3) is 0.286. The first-order chi connectivity index (χ1) is 9.08. The molecule has 1 rings (SSSR count). The summed E-state index contributed by atoms with van der Waals surface area (Å²) in [6.07, 6.45) is 4.62. The molecule has 0 saturated carbocycles. The SMILES string of the molecule is C=CCC(CC=C)C(=O)NCc1ccc(C(=O)O)s1. The Bertz CT molecular complexity index is 469. The van der Waals surface area contributed by atoms with E-state index in [0.29, 0.717) is 19.4 Å². The Labute approximate surface area is 116 Å². The van der Waals surface area contributed by atoms with Crippen molar-refractivity contribution in [2.24, 2.45) is 5.92 Å². The van der Waals surface area contributed by atoms with Gasteiger partial charge in [-0.2, -0.15) is 0 Å². The van der Waals surface area contributed by atoms with Crippen LogP contribution in [0.2, 0.25) is 0 Å². The molecule has 0 aromatic carbocycles. The second-order valence-electron chi connectivity index (χ2n) is 4.03. The molecule has 0 spiro atoms. The van der Waals surface area contributed by atoms with Crippen LogP contribution in [0.5, 0.6) is 0 Å². The molecule has 0 unspecified atom stereocenters. The van der Waals surface area contributed by atoms with E-state index in [9.17, 15) is 9.59 Å². The smallest absolute Gasteiger partial charge is 0.345 e. The molecular formula is C14H17NO3S. The largest absolute Gasteiger partial charge is 0.477 e. The summed E-state index contributed by atoms with van der Waals surface area (Å²) in [5.41, 5.74) is 0. The van der Waals surface area contributed by atoms with Crippen LogP contribution < -0.4 is 5.32 Å². The molecule has 102 valence electrons. The van der Waals surface area contributed by atoms with Crippen LogP contribution in [0.4, 0.5) is 0 Å². The Morgan fingerprint density at radius 1 is 1.32 bits per heavy atom. The van der Waals surface area contributed by atoms with Gasteiger partial charge in [-0.15, -0.1) is 24.5 Å². The lowest BCUT2D eigenvalue weighted by Gasteiger charge is -2.12. The number of hydrogen-bond acceptors (Lipinski definition) is 3. The minimum atomic E-state index is -0.946. The molecule has 0 aliphatic carbocycles. The molecule has 5 heteroatoms. The van der Waals surface area contributed by atoms with Crippen LogP contribution in [-0.4, -0.2) is 17.0 Å². The highest BCUT2D eigenvalue weighted by atomic mass is 32.1. The Balaban J connectivity index is 2.53. The number of nitrogens with one attached hydrogen (secondary N) is 1. The van der Waals surface area contributed by atoms with Gasteiger partial charge in [-0.05, 0) is 25.0 Å². The van der Waals surface area contributed by atoms with Gasteiger partial charge in [0.2, 0.25) is 5.91 Å². The van der Waals surface area contributed by atoms with Crippen molar-refractivity contribution >= 4 is 23.2 Å². The highest BCUT2D eigenvalue weighted by molar-refractivity contribution is 7.13. The summed E-state index contributed by atoms with van der Waals surface area (Å²) in [6.45, 7) is 7.61. The van der Waals surface area contributed by atoms with E-state index < -0.39 is 5.97 Å². The standard InChI is InChI=1S/C14H17NO3S/c1-3-5-10(6-4-2)13(16)15-9-11-7-8-12(19-11)14(17)18/h3-4,7-8,10H,1-2,5-6,9H2,(H,15,16)(H,17,18). The van der Waals surface area contributed by atoms with Crippen LogP contribution in [0.3, 0.4) is 0 Å². The zero-order chi connectivity index (χ0) is 14.3. The van der Waals surface area contributed by atoms with E-state index in [0.717, 1.165) is 4.88 Å². The van der Waals surface area contributed by atoms with Crippen LogP contribution in [0.1, 0.15) is 27.4 Å². The zero-order valence-corrected chi connectivity index (χ0v) is 11.4. The molecule has 1 heterocycles. The molecule has 0 bridgehead atoms. The summed E-state index contributed by atoms with van der Waals surface area (Å²) in [4.78, 5) is 23.7. The minimum Gasteiger partial charge on any atom is -0.477 e. The average molecular weight is 279 g/mol. The second kappa shape index (κ2) is 7.53. The molecule has 2 N–H and O–H groups in total. The molecule has 0 saturated heterocycles. The average Bonchev–Trinajstić information content (AvgIpc) is 2.84. The monoisotopic (exact) mass is 279 g/mol. The molecule has 1 aromatic heterocycles. The third-order valence-electron chi connectivity index (χ3n) is 2.58. The topological polar surface area (TPSA) is 66.4 Å². The quantitative estimate of drug-likeness (QED) is 0.719. The Morgan fingerprint density at radius 2 is 1.95 bits per heavy atom. The number of hydrogen-bond donors (Lipinski definition) is 2. The third kappa shape index (κ3) is 4.71. The van der Waals surface area contributed by atoms with Gasteiger partial charge in [0.15, 0.2) is 0 Å². The predicted molar refractivity (Wildman–Crippen MR) is 76.2 cm³/mol. The number of carbonyl (C=O) groups excluding carboxylic acids is 1. The number of aromatic carboxylic acids is 1. The van der Waals surface area contributed by atoms with Crippen LogP contribution in [0.25, 0.3) is 0 Å². The van der Waals surface area contributed by atoms with Crippen molar-refractivity contribution in [2.45, 2.75) is 19.4 Å². The van der Waals surface area contributed by atoms with E-state index in [1.54, 1.807) is 24.3 Å². The fourth-order valence-corrected chi connectivity index (χ4v) is 2.41. The maximum Gasteiger partial charge on any atom is 0.345 e. The van der Waals surface area contributed by atoms with Crippen molar-refractivity contribution in [3.63, 3.8) is 0 Å². The number of carboxylic acids is 1. The van der Waals surface area contributed by atoms with Gasteiger partial charge in [0.25, 0.3) is 0 Å². The van der Waals surface area contributed by atoms with E-state index >= 15 is 0 Å². The lowest BCUT2D eigenvalue weighted by molar-refractivity contribution is -0.125. The summed E-state index contributed by atoms with van der Waals surface area (Å²) in [5, 5.41) is 11.6. The molecule has 0 aliphatic rings. The third-order valence-corrected chi connectivity index (χ3v) is 3.66. The number of rotatable bonds is 8. The first-order valence-corrected chi connectivity index (χ1v) is 6.71. The molecule has 19 heavy (non-hydrogen) atoms. The molecule has 0 fully saturated rings. The van der Waals surface area contributed by atoms with Gasteiger partial charge in [0, 0.05) is 10.8 Å². The summed E-state index contributed by atoms with van der Waals surface area (Å²) in [5.74, 6) is -1.17. The minimum absolute atomic E-state index is 0.0647. The van der Waals surface area contributed by atoms with Crippen molar-refractivity contribution in [2.75, 3.05) is 0 Å². The van der Waals surface area contributed by atoms with Gasteiger partial charge in [-0.25, -0.2) is 4.79 Å². The van der Waals surface area contributed by atoms with Gasteiger partial charge in [-0.3, -0.25) is 4.79 Å². The lowest BCUT2D eigenvalue weighted by Crippen LogP contribution is -2.29. The van der Waals surface area contributed by atoms with Crippen LogP contribution >= 0.6 is 11.3 Å². The van der Waals surface area contributed by atoms with Gasteiger partial charge in [0.1, 0.15) is 4.88 Å². The van der Waals surface area contributed by atoms with Crippen LogP contribution in [0.15, 0.2) is 37.4 Å². The molecule has 0 atom stereocenters. The van der Waals surface area contributed by atoms with Crippen molar-refractivity contribution in [3.8, 4) is 0 Å². The maximum atomic E-state index is 11.9. The van der Waals surface area contributed by atoms with Gasteiger partial charge >= 0.3 is 5.97 Å². The molecule has 0 aliphatic heterocycles. The van der Waals surface area contributed by atoms with E-state index in [4.69, 9.17) is 5.11 Å². The lowest BCUT2D eigenvalue weighted by atomic mass is 10.0. The van der Waals surface area contributed by atoms with Crippen molar-refractivity contribution < 1.29 is 14.7 Å². The number of carbonyl (C=O) groups is 2. The van der Waals surface area contributed by atoms with Crippen LogP contribution in [-0.2, 0) is 11.3 Å². The van der Waals surface area contributed by atoms with Crippen molar-refractivity contribution in [1.82, 2.24) is 5.32 Å². The highest BCUT2D eigenvalue weighted by Gasteiger charge is 2.15. The van der Waals surface area contributed by atoms with E-state index in [1.807, 2.05) is 0 Å². The van der Waals surface area contributed by atoms with Gasteiger partial charge < -0.3 is 10.4 Å². The van der Waals surface area contributed by atoms with Crippen LogP contribution in [0, 0.1) is 5.92 Å². The summed E-state index contributed by atoms with van der Waals surface area (Å²) >= 11 is 1.17. The summed E-state index contributed by atoms with van der Waals surface area (Å²) in [7, 11) is 0. The normalized spacial score (nSPS) is 10.2. The zero-order valence-electron chi connectivity index (χ0n) is 10.6. The predicted octanol–water partition coefficient (Wildman–Crippen LogP) is 2.83. The van der Waals surface area contributed by atoms with Crippen molar-refractivity contribution in [1.29, 1.82) is 0 Å².